The van der Waals surface area contributed by atoms with Gasteiger partial charge < -0.3 is 4.74 Å². The van der Waals surface area contributed by atoms with Gasteiger partial charge in [-0.2, -0.15) is 0 Å². The van der Waals surface area contributed by atoms with Crippen LogP contribution in [0.5, 0.6) is 0 Å². The molecule has 1 aliphatic carbocycles. The van der Waals surface area contributed by atoms with Gasteiger partial charge >= 0.3 is 5.97 Å². The van der Waals surface area contributed by atoms with Gasteiger partial charge in [0.1, 0.15) is 6.04 Å². The molecular formula is C15H23NO2S. The van der Waals surface area contributed by atoms with Gasteiger partial charge in [-0.25, -0.2) is 4.79 Å². The summed E-state index contributed by atoms with van der Waals surface area (Å²) in [6, 6.07) is 4.23. The number of thiophene rings is 1. The Balaban J connectivity index is 2.07. The number of carbonyl (C=O) groups excluding carboxylic acids is 1. The number of hydrogen-bond donors (Lipinski definition) is 1. The molecule has 3 nitrogen and oxygen atoms in total. The first-order chi connectivity index (χ1) is 9.20. The second kappa shape index (κ2) is 7.06. The lowest BCUT2D eigenvalue weighted by molar-refractivity contribution is -0.143. The SMILES string of the molecule is COC(=O)C(NC1CCCCCC1)c1ccc(C)s1. The maximum Gasteiger partial charge on any atom is 0.328 e. The Morgan fingerprint density at radius 3 is 2.53 bits per heavy atom. The van der Waals surface area contributed by atoms with Crippen molar-refractivity contribution in [2.45, 2.75) is 57.5 Å². The van der Waals surface area contributed by atoms with Crippen LogP contribution in [0.25, 0.3) is 0 Å². The fourth-order valence-electron chi connectivity index (χ4n) is 2.67. The molecule has 106 valence electrons. The van der Waals surface area contributed by atoms with E-state index in [2.05, 4.69) is 18.3 Å². The molecule has 1 atom stereocenters. The molecule has 0 saturated heterocycles. The van der Waals surface area contributed by atoms with Crippen molar-refractivity contribution >= 4 is 17.3 Å². The van der Waals surface area contributed by atoms with E-state index in [1.54, 1.807) is 11.3 Å². The molecule has 0 bridgehead atoms. The monoisotopic (exact) mass is 281 g/mol. The smallest absolute Gasteiger partial charge is 0.328 e. The van der Waals surface area contributed by atoms with Crippen LogP contribution < -0.4 is 5.32 Å². The first kappa shape index (κ1) is 14.5. The first-order valence-corrected chi connectivity index (χ1v) is 7.92. The Morgan fingerprint density at radius 1 is 1.32 bits per heavy atom. The van der Waals surface area contributed by atoms with Crippen molar-refractivity contribution in [3.63, 3.8) is 0 Å². The highest BCUT2D eigenvalue weighted by atomic mass is 32.1. The number of aryl methyl sites for hydroxylation is 1. The van der Waals surface area contributed by atoms with Gasteiger partial charge in [-0.05, 0) is 31.9 Å². The van der Waals surface area contributed by atoms with Crippen LogP contribution in [0.2, 0.25) is 0 Å². The van der Waals surface area contributed by atoms with Crippen LogP contribution in [0, 0.1) is 6.92 Å². The molecule has 0 spiro atoms. The van der Waals surface area contributed by atoms with Crippen molar-refractivity contribution < 1.29 is 9.53 Å². The minimum absolute atomic E-state index is 0.175. The number of esters is 1. The van der Waals surface area contributed by atoms with Crippen molar-refractivity contribution in [2.75, 3.05) is 7.11 Å². The molecule has 1 N–H and O–H groups in total. The normalized spacial score (nSPS) is 18.8. The Bertz CT molecular complexity index is 408. The van der Waals surface area contributed by atoms with Crippen LogP contribution in [-0.4, -0.2) is 19.1 Å². The molecule has 0 aliphatic heterocycles. The Morgan fingerprint density at radius 2 is 2.00 bits per heavy atom. The fraction of sp³-hybridized carbons (Fsp3) is 0.667. The van der Waals surface area contributed by atoms with E-state index in [-0.39, 0.29) is 12.0 Å². The quantitative estimate of drug-likeness (QED) is 0.677. The Hall–Kier alpha value is -0.870. The predicted molar refractivity (Wildman–Crippen MR) is 78.4 cm³/mol. The summed E-state index contributed by atoms with van der Waals surface area (Å²) < 4.78 is 4.95. The predicted octanol–water partition coefficient (Wildman–Crippen LogP) is 3.58. The molecule has 1 aromatic heterocycles. The van der Waals surface area contributed by atoms with E-state index < -0.39 is 0 Å². The molecule has 4 heteroatoms. The van der Waals surface area contributed by atoms with Crippen LogP contribution in [0.4, 0.5) is 0 Å². The molecule has 1 heterocycles. The molecular weight excluding hydrogens is 258 g/mol. The van der Waals surface area contributed by atoms with Gasteiger partial charge in [-0.1, -0.05) is 25.7 Å². The molecule has 0 radical (unpaired) electrons. The highest BCUT2D eigenvalue weighted by Gasteiger charge is 2.26. The average Bonchev–Trinajstić information content (AvgIpc) is 2.68. The number of carbonyl (C=O) groups is 1. The third-order valence-electron chi connectivity index (χ3n) is 3.74. The zero-order chi connectivity index (χ0) is 13.7. The van der Waals surface area contributed by atoms with Crippen molar-refractivity contribution in [1.29, 1.82) is 0 Å². The second-order valence-corrected chi connectivity index (χ2v) is 6.58. The third-order valence-corrected chi connectivity index (χ3v) is 4.81. The van der Waals surface area contributed by atoms with Gasteiger partial charge in [0.25, 0.3) is 0 Å². The van der Waals surface area contributed by atoms with Crippen LogP contribution in [0.15, 0.2) is 12.1 Å². The van der Waals surface area contributed by atoms with Crippen LogP contribution in [-0.2, 0) is 9.53 Å². The number of hydrogen-bond acceptors (Lipinski definition) is 4. The minimum Gasteiger partial charge on any atom is -0.468 e. The summed E-state index contributed by atoms with van der Waals surface area (Å²) in [6.45, 7) is 2.06. The van der Waals surface area contributed by atoms with Crippen molar-refractivity contribution in [3.05, 3.63) is 21.9 Å². The van der Waals surface area contributed by atoms with E-state index in [0.717, 1.165) is 17.7 Å². The topological polar surface area (TPSA) is 38.3 Å². The highest BCUT2D eigenvalue weighted by Crippen LogP contribution is 2.26. The Kier molecular flexibility index (Phi) is 5.40. The van der Waals surface area contributed by atoms with Gasteiger partial charge in [0.15, 0.2) is 0 Å². The van der Waals surface area contributed by atoms with E-state index in [0.29, 0.717) is 6.04 Å². The van der Waals surface area contributed by atoms with Gasteiger partial charge in [-0.3, -0.25) is 5.32 Å². The van der Waals surface area contributed by atoms with Gasteiger partial charge in [0, 0.05) is 15.8 Å². The summed E-state index contributed by atoms with van der Waals surface area (Å²) >= 11 is 1.67. The number of rotatable bonds is 4. The highest BCUT2D eigenvalue weighted by molar-refractivity contribution is 7.12. The maximum atomic E-state index is 12.0. The fourth-order valence-corrected chi connectivity index (χ4v) is 3.60. The van der Waals surface area contributed by atoms with Gasteiger partial charge in [0.05, 0.1) is 7.11 Å². The minimum atomic E-state index is -0.299. The number of ether oxygens (including phenoxy) is 1. The molecule has 1 saturated carbocycles. The van der Waals surface area contributed by atoms with Crippen LogP contribution >= 0.6 is 11.3 Å². The number of nitrogens with one attached hydrogen (secondary N) is 1. The zero-order valence-corrected chi connectivity index (χ0v) is 12.6. The van der Waals surface area contributed by atoms with Crippen LogP contribution in [0.1, 0.15) is 54.3 Å². The lowest BCUT2D eigenvalue weighted by atomic mass is 10.1. The molecule has 1 unspecified atom stereocenters. The van der Waals surface area contributed by atoms with E-state index in [4.69, 9.17) is 4.74 Å². The molecule has 2 rings (SSSR count). The van der Waals surface area contributed by atoms with E-state index >= 15 is 0 Å². The molecule has 0 amide bonds. The lowest BCUT2D eigenvalue weighted by Crippen LogP contribution is -2.37. The number of methoxy groups -OCH3 is 1. The summed E-state index contributed by atoms with van der Waals surface area (Å²) in [5.41, 5.74) is 0. The average molecular weight is 281 g/mol. The summed E-state index contributed by atoms with van der Waals surface area (Å²) in [4.78, 5) is 14.3. The Labute approximate surface area is 119 Å². The van der Waals surface area contributed by atoms with Crippen LogP contribution in [0.3, 0.4) is 0 Å². The summed E-state index contributed by atoms with van der Waals surface area (Å²) in [7, 11) is 1.46. The van der Waals surface area contributed by atoms with E-state index in [9.17, 15) is 4.79 Å². The first-order valence-electron chi connectivity index (χ1n) is 7.11. The summed E-state index contributed by atoms with van der Waals surface area (Å²) in [5.74, 6) is -0.175. The van der Waals surface area contributed by atoms with E-state index in [1.807, 2.05) is 6.07 Å². The van der Waals surface area contributed by atoms with Crippen molar-refractivity contribution in [3.8, 4) is 0 Å². The standard InChI is InChI=1S/C15H23NO2S/c1-11-9-10-13(19-11)14(15(17)18-2)16-12-7-5-3-4-6-8-12/h9-10,12,14,16H,3-8H2,1-2H3. The molecule has 0 aromatic carbocycles. The molecule has 1 aliphatic rings. The molecule has 19 heavy (non-hydrogen) atoms. The molecule has 1 fully saturated rings. The maximum absolute atomic E-state index is 12.0. The molecule has 1 aromatic rings. The second-order valence-electron chi connectivity index (χ2n) is 5.26. The van der Waals surface area contributed by atoms with Gasteiger partial charge in [0.2, 0.25) is 0 Å². The lowest BCUT2D eigenvalue weighted by Gasteiger charge is -2.22. The largest absolute Gasteiger partial charge is 0.468 e. The van der Waals surface area contributed by atoms with Crippen molar-refractivity contribution in [2.24, 2.45) is 0 Å². The zero-order valence-electron chi connectivity index (χ0n) is 11.8. The van der Waals surface area contributed by atoms with Gasteiger partial charge in [-0.15, -0.1) is 11.3 Å². The summed E-state index contributed by atoms with van der Waals surface area (Å²) in [5, 5.41) is 3.51. The van der Waals surface area contributed by atoms with E-state index in [1.165, 1.54) is 37.7 Å². The third kappa shape index (κ3) is 4.05. The summed E-state index contributed by atoms with van der Waals surface area (Å²) in [6.07, 6.45) is 7.48. The van der Waals surface area contributed by atoms with Crippen molar-refractivity contribution in [1.82, 2.24) is 5.32 Å².